The molecule has 2 aliphatic heterocycles. The number of piperidine rings is 1. The lowest BCUT2D eigenvalue weighted by Gasteiger charge is -2.43. The first-order valence-electron chi connectivity index (χ1n) is 10.2. The Morgan fingerprint density at radius 3 is 2.60 bits per heavy atom. The lowest BCUT2D eigenvalue weighted by molar-refractivity contribution is 0.0697. The largest absolute Gasteiger partial charge is 0.399 e. The molecule has 0 unspecified atom stereocenters. The molecule has 156 valence electrons. The average molecular weight is 442 g/mol. The van der Waals surface area contributed by atoms with Crippen LogP contribution in [0.25, 0.3) is 0 Å². The van der Waals surface area contributed by atoms with Gasteiger partial charge in [0.05, 0.1) is 15.4 Å². The van der Waals surface area contributed by atoms with Crippen LogP contribution >= 0.6 is 23.1 Å². The monoisotopic (exact) mass is 441 g/mol. The van der Waals surface area contributed by atoms with Crippen LogP contribution in [0.1, 0.15) is 68.1 Å². The Morgan fingerprint density at radius 2 is 1.83 bits per heavy atom. The molecule has 1 aromatic heterocycles. The van der Waals surface area contributed by atoms with E-state index in [1.165, 1.54) is 11.3 Å². The Balaban J connectivity index is 1.35. The predicted molar refractivity (Wildman–Crippen MR) is 120 cm³/mol. The zero-order valence-electron chi connectivity index (χ0n) is 16.5. The number of rotatable bonds is 1. The number of hydrogen-bond donors (Lipinski definition) is 2. The Morgan fingerprint density at radius 1 is 1.07 bits per heavy atom. The van der Waals surface area contributed by atoms with Gasteiger partial charge in [0.15, 0.2) is 11.6 Å². The van der Waals surface area contributed by atoms with E-state index in [0.717, 1.165) is 36.1 Å². The van der Waals surface area contributed by atoms with Crippen molar-refractivity contribution < 1.29 is 14.4 Å². The van der Waals surface area contributed by atoms with Gasteiger partial charge < -0.3 is 16.4 Å². The van der Waals surface area contributed by atoms with Crippen molar-refractivity contribution in [1.29, 1.82) is 0 Å². The number of carbonyl (C=O) groups excluding carboxylic acids is 3. The number of thiophene rings is 1. The molecule has 0 atom stereocenters. The molecule has 1 fully saturated rings. The van der Waals surface area contributed by atoms with Gasteiger partial charge in [-0.3, -0.25) is 14.4 Å². The molecule has 1 amide bonds. The summed E-state index contributed by atoms with van der Waals surface area (Å²) in [5, 5.41) is 0.453. The molecule has 6 nitrogen and oxygen atoms in total. The van der Waals surface area contributed by atoms with Gasteiger partial charge in [-0.25, -0.2) is 0 Å². The molecule has 0 radical (unpaired) electrons. The Kier molecular flexibility index (Phi) is 4.67. The number of fused-ring (bicyclic) bond motifs is 2. The second-order valence-electron chi connectivity index (χ2n) is 8.36. The van der Waals surface area contributed by atoms with E-state index in [1.54, 1.807) is 17.8 Å². The van der Waals surface area contributed by atoms with Crippen LogP contribution in [0.3, 0.4) is 0 Å². The minimum absolute atomic E-state index is 0.0742. The molecule has 4 N–H and O–H groups in total. The van der Waals surface area contributed by atoms with E-state index in [4.69, 9.17) is 11.5 Å². The van der Waals surface area contributed by atoms with E-state index in [0.29, 0.717) is 52.6 Å². The number of nitrogen functional groups attached to an aromatic ring is 2. The third kappa shape index (κ3) is 3.13. The maximum absolute atomic E-state index is 13.3. The molecule has 1 aromatic carbocycles. The number of likely N-dealkylation sites (tertiary alicyclic amines) is 1. The fourth-order valence-electron chi connectivity index (χ4n) is 4.79. The second-order valence-corrected chi connectivity index (χ2v) is 10.9. The number of benzene rings is 1. The van der Waals surface area contributed by atoms with E-state index in [2.05, 4.69) is 0 Å². The third-order valence-electron chi connectivity index (χ3n) is 6.41. The SMILES string of the molecule is Nc1ccc2c(c1)C(=O)CC1(CCN(C(=O)c3c(N)sc4c3CCCC4=O)CC1)S2. The normalized spacial score (nSPS) is 20.2. The molecule has 2 aromatic rings. The summed E-state index contributed by atoms with van der Waals surface area (Å²) in [5.41, 5.74) is 14.7. The smallest absolute Gasteiger partial charge is 0.257 e. The molecule has 3 heterocycles. The number of nitrogens with zero attached hydrogens (tertiary/aromatic N) is 1. The van der Waals surface area contributed by atoms with Gasteiger partial charge >= 0.3 is 0 Å². The van der Waals surface area contributed by atoms with Crippen LogP contribution in [0.15, 0.2) is 23.1 Å². The van der Waals surface area contributed by atoms with E-state index in [9.17, 15) is 14.4 Å². The first-order valence-corrected chi connectivity index (χ1v) is 11.9. The number of ketones is 2. The van der Waals surface area contributed by atoms with Gasteiger partial charge in [0.2, 0.25) is 0 Å². The maximum atomic E-state index is 13.3. The minimum Gasteiger partial charge on any atom is -0.399 e. The summed E-state index contributed by atoms with van der Waals surface area (Å²) in [7, 11) is 0. The summed E-state index contributed by atoms with van der Waals surface area (Å²) in [6, 6.07) is 5.53. The topological polar surface area (TPSA) is 106 Å². The van der Waals surface area contributed by atoms with Crippen LogP contribution < -0.4 is 11.5 Å². The second kappa shape index (κ2) is 7.13. The average Bonchev–Trinajstić information content (AvgIpc) is 3.06. The Labute approximate surface area is 183 Å². The van der Waals surface area contributed by atoms with Gasteiger partial charge in [-0.15, -0.1) is 23.1 Å². The van der Waals surface area contributed by atoms with Crippen LogP contribution in [0.4, 0.5) is 10.7 Å². The lowest BCUT2D eigenvalue weighted by atomic mass is 9.87. The van der Waals surface area contributed by atoms with E-state index in [-0.39, 0.29) is 22.2 Å². The maximum Gasteiger partial charge on any atom is 0.257 e. The zero-order valence-corrected chi connectivity index (χ0v) is 18.2. The summed E-state index contributed by atoms with van der Waals surface area (Å²) in [5.74, 6) is 0.154. The highest BCUT2D eigenvalue weighted by molar-refractivity contribution is 8.01. The fourth-order valence-corrected chi connectivity index (χ4v) is 7.34. The van der Waals surface area contributed by atoms with Crippen molar-refractivity contribution >= 4 is 51.3 Å². The highest BCUT2D eigenvalue weighted by atomic mass is 32.2. The molecule has 0 saturated carbocycles. The summed E-state index contributed by atoms with van der Waals surface area (Å²) in [4.78, 5) is 41.7. The van der Waals surface area contributed by atoms with Crippen LogP contribution in [0.5, 0.6) is 0 Å². The van der Waals surface area contributed by atoms with Gasteiger partial charge in [-0.2, -0.15) is 0 Å². The highest BCUT2D eigenvalue weighted by Crippen LogP contribution is 2.49. The molecule has 5 rings (SSSR count). The highest BCUT2D eigenvalue weighted by Gasteiger charge is 2.43. The van der Waals surface area contributed by atoms with Gasteiger partial charge in [-0.1, -0.05) is 0 Å². The Bertz CT molecular complexity index is 1080. The lowest BCUT2D eigenvalue weighted by Crippen LogP contribution is -2.47. The number of thioether (sulfide) groups is 1. The summed E-state index contributed by atoms with van der Waals surface area (Å²) in [6.07, 6.45) is 4.02. The van der Waals surface area contributed by atoms with Crippen molar-refractivity contribution in [3.63, 3.8) is 0 Å². The third-order valence-corrected chi connectivity index (χ3v) is 9.07. The van der Waals surface area contributed by atoms with E-state index >= 15 is 0 Å². The molecular formula is C22H23N3O3S2. The molecule has 3 aliphatic rings. The number of carbonyl (C=O) groups is 3. The van der Waals surface area contributed by atoms with Crippen molar-refractivity contribution in [3.8, 4) is 0 Å². The van der Waals surface area contributed by atoms with Crippen molar-refractivity contribution in [2.24, 2.45) is 0 Å². The molecule has 1 aliphatic carbocycles. The van der Waals surface area contributed by atoms with E-state index < -0.39 is 0 Å². The molecule has 8 heteroatoms. The summed E-state index contributed by atoms with van der Waals surface area (Å²) < 4.78 is -0.174. The standard InChI is InChI=1S/C22H23N3O3S2/c23-12-4-5-17-14(10-12)16(27)11-22(30-17)6-8-25(9-7-22)21(28)18-13-2-1-3-15(26)19(13)29-20(18)24/h4-5,10H,1-3,6-9,11,23-24H2. The Hall–Kier alpha value is -2.32. The quantitative estimate of drug-likeness (QED) is 0.652. The number of anilines is 2. The summed E-state index contributed by atoms with van der Waals surface area (Å²) in [6.45, 7) is 1.17. The first kappa shape index (κ1) is 19.6. The predicted octanol–water partition coefficient (Wildman–Crippen LogP) is 3.79. The van der Waals surface area contributed by atoms with Crippen LogP contribution in [0, 0.1) is 0 Å². The molecule has 1 saturated heterocycles. The molecule has 0 bridgehead atoms. The van der Waals surface area contributed by atoms with Crippen molar-refractivity contribution in [3.05, 3.63) is 39.8 Å². The van der Waals surface area contributed by atoms with Gasteiger partial charge in [0.1, 0.15) is 0 Å². The van der Waals surface area contributed by atoms with Crippen molar-refractivity contribution in [2.45, 2.75) is 48.2 Å². The fraction of sp³-hybridized carbons (Fsp3) is 0.409. The molecule has 1 spiro atoms. The number of amides is 1. The molecule has 30 heavy (non-hydrogen) atoms. The number of Topliss-reactive ketones (excluding diaryl/α,β-unsaturated/α-hetero) is 2. The molecular weight excluding hydrogens is 418 g/mol. The van der Waals surface area contributed by atoms with Gasteiger partial charge in [0.25, 0.3) is 5.91 Å². The van der Waals surface area contributed by atoms with Crippen molar-refractivity contribution in [1.82, 2.24) is 4.90 Å². The van der Waals surface area contributed by atoms with E-state index in [1.807, 2.05) is 17.0 Å². The zero-order chi connectivity index (χ0) is 21.0. The van der Waals surface area contributed by atoms with Crippen LogP contribution in [-0.2, 0) is 6.42 Å². The van der Waals surface area contributed by atoms with Gasteiger partial charge in [0, 0.05) is 46.8 Å². The summed E-state index contributed by atoms with van der Waals surface area (Å²) >= 11 is 3.00. The number of nitrogens with two attached hydrogens (primary N) is 2. The minimum atomic E-state index is -0.174. The number of hydrogen-bond acceptors (Lipinski definition) is 7. The first-order chi connectivity index (χ1) is 14.4. The van der Waals surface area contributed by atoms with Crippen molar-refractivity contribution in [2.75, 3.05) is 24.6 Å². The van der Waals surface area contributed by atoms with Crippen LogP contribution in [-0.4, -0.2) is 40.2 Å². The van der Waals surface area contributed by atoms with Gasteiger partial charge in [-0.05, 0) is 49.4 Å². The van der Waals surface area contributed by atoms with Crippen LogP contribution in [0.2, 0.25) is 0 Å².